The number of para-hydroxylation sites is 2. The number of anilines is 3. The third kappa shape index (κ3) is 5.63. The van der Waals surface area contributed by atoms with Gasteiger partial charge in [-0.15, -0.1) is 11.3 Å². The molecule has 0 atom stereocenters. The van der Waals surface area contributed by atoms with E-state index in [1.165, 1.54) is 75.4 Å². The molecule has 11 rings (SSSR count). The molecule has 0 bridgehead atoms. The second kappa shape index (κ2) is 13.8. The average molecular weight is 745 g/mol. The highest BCUT2D eigenvalue weighted by molar-refractivity contribution is 7.26. The number of aromatic nitrogens is 1. The van der Waals surface area contributed by atoms with Crippen LogP contribution in [0.25, 0.3) is 81.0 Å². The quantitative estimate of drug-likeness (QED) is 0.158. The molecule has 0 spiro atoms. The third-order valence-electron chi connectivity index (χ3n) is 11.2. The fourth-order valence-corrected chi connectivity index (χ4v) is 9.87. The molecule has 0 aliphatic carbocycles. The van der Waals surface area contributed by atoms with Gasteiger partial charge in [0.05, 0.1) is 16.7 Å². The number of benzene rings is 9. The van der Waals surface area contributed by atoms with Gasteiger partial charge in [0.2, 0.25) is 0 Å². The van der Waals surface area contributed by atoms with E-state index in [0.29, 0.717) is 0 Å². The van der Waals surface area contributed by atoms with Crippen LogP contribution in [0.3, 0.4) is 0 Å². The minimum atomic E-state index is 1.10. The van der Waals surface area contributed by atoms with Gasteiger partial charge in [0, 0.05) is 53.6 Å². The minimum Gasteiger partial charge on any atom is -0.310 e. The topological polar surface area (TPSA) is 8.17 Å². The Labute approximate surface area is 335 Å². The summed E-state index contributed by atoms with van der Waals surface area (Å²) < 4.78 is 5.05. The van der Waals surface area contributed by atoms with Crippen LogP contribution in [0.4, 0.5) is 17.1 Å². The van der Waals surface area contributed by atoms with Gasteiger partial charge in [-0.3, -0.25) is 0 Å². The van der Waals surface area contributed by atoms with Crippen LogP contribution in [0, 0.1) is 0 Å². The van der Waals surface area contributed by atoms with E-state index in [1.54, 1.807) is 0 Å². The Hall–Kier alpha value is -7.20. The molecule has 0 unspecified atom stereocenters. The second-order valence-corrected chi connectivity index (χ2v) is 15.5. The van der Waals surface area contributed by atoms with Gasteiger partial charge in [0.15, 0.2) is 0 Å². The van der Waals surface area contributed by atoms with Crippen LogP contribution in [0.1, 0.15) is 0 Å². The van der Waals surface area contributed by atoms with Gasteiger partial charge in [-0.2, -0.15) is 0 Å². The fraction of sp³-hybridized carbons (Fsp3) is 0. The summed E-state index contributed by atoms with van der Waals surface area (Å²) in [5, 5.41) is 5.08. The van der Waals surface area contributed by atoms with Crippen LogP contribution >= 0.6 is 11.3 Å². The van der Waals surface area contributed by atoms with E-state index in [0.717, 1.165) is 22.7 Å². The summed E-state index contributed by atoms with van der Waals surface area (Å²) in [5.74, 6) is 0. The van der Waals surface area contributed by atoms with E-state index in [2.05, 4.69) is 228 Å². The standard InChI is InChI=1S/C54H36N2S/c1-4-16-37(17-5-1)43-22-10-12-27-49(43)55(41-32-30-39(31-33-41)45-25-14-26-47-46-23-11-13-29-52(46)57-54(45)47)42-34-35-50-48(36-42)53-44(38-18-6-2-7-19-38)24-15-28-51(53)56(50)40-20-8-3-9-21-40/h1-36H. The van der Waals surface area contributed by atoms with Crippen molar-refractivity contribution >= 4 is 70.4 Å². The molecular weight excluding hydrogens is 709 g/mol. The molecule has 0 radical (unpaired) electrons. The summed E-state index contributed by atoms with van der Waals surface area (Å²) in [5.41, 5.74) is 14.1. The largest absolute Gasteiger partial charge is 0.310 e. The zero-order valence-corrected chi connectivity index (χ0v) is 31.9. The smallest absolute Gasteiger partial charge is 0.0547 e. The Morgan fingerprint density at radius 2 is 0.947 bits per heavy atom. The Kier molecular flexibility index (Phi) is 8.04. The highest BCUT2D eigenvalue weighted by atomic mass is 32.1. The molecule has 0 fully saturated rings. The maximum Gasteiger partial charge on any atom is 0.0547 e. The maximum atomic E-state index is 2.43. The number of fused-ring (bicyclic) bond motifs is 6. The summed E-state index contributed by atoms with van der Waals surface area (Å²) in [7, 11) is 0. The SMILES string of the molecule is c1ccc(-c2ccccc2N(c2ccc(-c3cccc4c3sc3ccccc34)cc2)c2ccc3c(c2)c2c(-c4ccccc4)cccc2n3-c2ccccc2)cc1. The van der Waals surface area contributed by atoms with Crippen LogP contribution in [-0.2, 0) is 0 Å². The first kappa shape index (κ1) is 33.2. The summed E-state index contributed by atoms with van der Waals surface area (Å²) in [6.45, 7) is 0. The van der Waals surface area contributed by atoms with E-state index in [4.69, 9.17) is 0 Å². The first-order valence-electron chi connectivity index (χ1n) is 19.4. The third-order valence-corrected chi connectivity index (χ3v) is 12.4. The molecule has 2 heterocycles. The van der Waals surface area contributed by atoms with Crippen molar-refractivity contribution in [1.29, 1.82) is 0 Å². The molecule has 9 aromatic carbocycles. The number of rotatable bonds is 7. The lowest BCUT2D eigenvalue weighted by Gasteiger charge is -2.28. The lowest BCUT2D eigenvalue weighted by Crippen LogP contribution is -2.11. The molecule has 0 saturated carbocycles. The van der Waals surface area contributed by atoms with Crippen LogP contribution in [0.15, 0.2) is 218 Å². The van der Waals surface area contributed by atoms with Crippen molar-refractivity contribution in [3.05, 3.63) is 218 Å². The normalized spacial score (nSPS) is 11.5. The highest BCUT2D eigenvalue weighted by Gasteiger charge is 2.22. The molecule has 57 heavy (non-hydrogen) atoms. The molecular formula is C54H36N2S. The van der Waals surface area contributed by atoms with Crippen molar-refractivity contribution in [3.63, 3.8) is 0 Å². The molecule has 268 valence electrons. The number of thiophene rings is 1. The van der Waals surface area contributed by atoms with Gasteiger partial charge >= 0.3 is 0 Å². The zero-order chi connectivity index (χ0) is 37.7. The van der Waals surface area contributed by atoms with E-state index >= 15 is 0 Å². The van der Waals surface area contributed by atoms with Crippen molar-refractivity contribution in [2.75, 3.05) is 4.90 Å². The Bertz CT molecular complexity index is 3220. The van der Waals surface area contributed by atoms with Crippen molar-refractivity contribution < 1.29 is 0 Å². The summed E-state index contributed by atoms with van der Waals surface area (Å²) in [4.78, 5) is 2.43. The average Bonchev–Trinajstić information content (AvgIpc) is 3.84. The maximum absolute atomic E-state index is 2.43. The van der Waals surface area contributed by atoms with Crippen molar-refractivity contribution in [2.24, 2.45) is 0 Å². The predicted octanol–water partition coefficient (Wildman–Crippen LogP) is 15.6. The highest BCUT2D eigenvalue weighted by Crippen LogP contribution is 2.46. The van der Waals surface area contributed by atoms with E-state index < -0.39 is 0 Å². The van der Waals surface area contributed by atoms with Crippen LogP contribution in [-0.4, -0.2) is 4.57 Å². The monoisotopic (exact) mass is 744 g/mol. The van der Waals surface area contributed by atoms with Gasteiger partial charge in [-0.05, 0) is 88.5 Å². The van der Waals surface area contributed by atoms with Gasteiger partial charge in [-0.1, -0.05) is 158 Å². The van der Waals surface area contributed by atoms with Gasteiger partial charge < -0.3 is 9.47 Å². The lowest BCUT2D eigenvalue weighted by molar-refractivity contribution is 1.18. The molecule has 0 aliphatic rings. The first-order chi connectivity index (χ1) is 28.3. The number of hydrogen-bond acceptors (Lipinski definition) is 2. The minimum absolute atomic E-state index is 1.10. The van der Waals surface area contributed by atoms with Gasteiger partial charge in [0.25, 0.3) is 0 Å². The molecule has 11 aromatic rings. The van der Waals surface area contributed by atoms with Gasteiger partial charge in [-0.25, -0.2) is 0 Å². The Balaban J connectivity index is 1.14. The summed E-state index contributed by atoms with van der Waals surface area (Å²) in [6.07, 6.45) is 0. The van der Waals surface area contributed by atoms with E-state index in [-0.39, 0.29) is 0 Å². The Morgan fingerprint density at radius 1 is 0.368 bits per heavy atom. The first-order valence-corrected chi connectivity index (χ1v) is 20.3. The molecule has 0 aliphatic heterocycles. The molecule has 2 nitrogen and oxygen atoms in total. The molecule has 0 saturated heterocycles. The van der Waals surface area contributed by atoms with Crippen molar-refractivity contribution in [3.8, 4) is 39.1 Å². The molecule has 0 amide bonds. The molecule has 0 N–H and O–H groups in total. The van der Waals surface area contributed by atoms with E-state index in [1.807, 2.05) is 11.3 Å². The molecule has 2 aromatic heterocycles. The predicted molar refractivity (Wildman–Crippen MR) is 245 cm³/mol. The number of hydrogen-bond donors (Lipinski definition) is 0. The van der Waals surface area contributed by atoms with E-state index in [9.17, 15) is 0 Å². The number of nitrogens with zero attached hydrogens (tertiary/aromatic N) is 2. The van der Waals surface area contributed by atoms with Crippen LogP contribution < -0.4 is 4.90 Å². The summed E-state index contributed by atoms with van der Waals surface area (Å²) >= 11 is 1.88. The van der Waals surface area contributed by atoms with Crippen molar-refractivity contribution in [2.45, 2.75) is 0 Å². The zero-order valence-electron chi connectivity index (χ0n) is 31.1. The van der Waals surface area contributed by atoms with Crippen molar-refractivity contribution in [1.82, 2.24) is 4.57 Å². The fourth-order valence-electron chi connectivity index (χ4n) is 8.63. The molecule has 3 heteroatoms. The second-order valence-electron chi connectivity index (χ2n) is 14.5. The lowest BCUT2D eigenvalue weighted by atomic mass is 9.98. The van der Waals surface area contributed by atoms with Crippen LogP contribution in [0.5, 0.6) is 0 Å². The van der Waals surface area contributed by atoms with Gasteiger partial charge in [0.1, 0.15) is 0 Å². The summed E-state index contributed by atoms with van der Waals surface area (Å²) in [6, 6.07) is 79.3. The Morgan fingerprint density at radius 3 is 1.74 bits per heavy atom. The van der Waals surface area contributed by atoms with Crippen LogP contribution in [0.2, 0.25) is 0 Å².